The van der Waals surface area contributed by atoms with Crippen molar-refractivity contribution in [3.63, 3.8) is 0 Å². The molecule has 0 spiro atoms. The standard InChI is InChI=1S/C15H11ClF3N3O5/c16-10-3-1-8(2-4-10)11(7-23)20-14-12(21(24)25)5-9(15(17,18)19)6-13(14)22(26)27/h1-6,11,20,23H,7H2. The van der Waals surface area contributed by atoms with Crippen molar-refractivity contribution in [3.8, 4) is 0 Å². The van der Waals surface area contributed by atoms with E-state index in [4.69, 9.17) is 11.6 Å². The van der Waals surface area contributed by atoms with E-state index in [0.29, 0.717) is 10.6 Å². The van der Waals surface area contributed by atoms with Crippen molar-refractivity contribution in [2.24, 2.45) is 0 Å². The van der Waals surface area contributed by atoms with Gasteiger partial charge in [0, 0.05) is 17.2 Å². The fourth-order valence-corrected chi connectivity index (χ4v) is 2.44. The van der Waals surface area contributed by atoms with Gasteiger partial charge in [0.2, 0.25) is 0 Å². The van der Waals surface area contributed by atoms with Crippen LogP contribution in [0.4, 0.5) is 30.2 Å². The van der Waals surface area contributed by atoms with Crippen LogP contribution in [0.15, 0.2) is 36.4 Å². The number of nitro benzene ring substituents is 2. The van der Waals surface area contributed by atoms with Gasteiger partial charge >= 0.3 is 6.18 Å². The van der Waals surface area contributed by atoms with Gasteiger partial charge in [-0.3, -0.25) is 20.2 Å². The van der Waals surface area contributed by atoms with Gasteiger partial charge in [0.15, 0.2) is 5.69 Å². The maximum atomic E-state index is 12.9. The van der Waals surface area contributed by atoms with E-state index in [1.54, 1.807) is 0 Å². The number of hydrogen-bond acceptors (Lipinski definition) is 6. The molecule has 0 aromatic heterocycles. The second kappa shape index (κ2) is 7.76. The van der Waals surface area contributed by atoms with E-state index in [2.05, 4.69) is 5.32 Å². The van der Waals surface area contributed by atoms with Gasteiger partial charge in [0.05, 0.1) is 28.1 Å². The molecule has 27 heavy (non-hydrogen) atoms. The minimum absolute atomic E-state index is 0.200. The average molecular weight is 406 g/mol. The summed E-state index contributed by atoms with van der Waals surface area (Å²) in [5, 5.41) is 34.7. The molecule has 0 aliphatic carbocycles. The summed E-state index contributed by atoms with van der Waals surface area (Å²) in [6.07, 6.45) is -5.01. The number of halogens is 4. The molecule has 0 saturated heterocycles. The molecule has 0 saturated carbocycles. The lowest BCUT2D eigenvalue weighted by Gasteiger charge is -2.19. The number of aliphatic hydroxyl groups excluding tert-OH is 1. The van der Waals surface area contributed by atoms with Gasteiger partial charge in [-0.25, -0.2) is 0 Å². The first-order chi connectivity index (χ1) is 12.5. The Hall–Kier alpha value is -2.92. The number of nitro groups is 2. The van der Waals surface area contributed by atoms with Crippen LogP contribution in [0.2, 0.25) is 5.02 Å². The molecule has 12 heteroatoms. The quantitative estimate of drug-likeness (QED) is 0.545. The number of nitrogens with zero attached hydrogens (tertiary/aromatic N) is 2. The molecule has 2 rings (SSSR count). The van der Waals surface area contributed by atoms with Gasteiger partial charge in [-0.05, 0) is 17.7 Å². The average Bonchev–Trinajstić information content (AvgIpc) is 2.58. The Morgan fingerprint density at radius 3 is 1.93 bits per heavy atom. The molecule has 2 aromatic rings. The van der Waals surface area contributed by atoms with Crippen molar-refractivity contribution in [1.82, 2.24) is 0 Å². The molecule has 1 atom stereocenters. The third-order valence-electron chi connectivity index (χ3n) is 3.59. The zero-order chi connectivity index (χ0) is 20.4. The zero-order valence-corrected chi connectivity index (χ0v) is 14.0. The molecule has 2 N–H and O–H groups in total. The highest BCUT2D eigenvalue weighted by Crippen LogP contribution is 2.42. The maximum absolute atomic E-state index is 12.9. The van der Waals surface area contributed by atoms with Gasteiger partial charge in [-0.15, -0.1) is 0 Å². The predicted molar refractivity (Wildman–Crippen MR) is 89.7 cm³/mol. The van der Waals surface area contributed by atoms with Crippen molar-refractivity contribution < 1.29 is 28.1 Å². The smallest absolute Gasteiger partial charge is 0.394 e. The lowest BCUT2D eigenvalue weighted by Crippen LogP contribution is -2.17. The van der Waals surface area contributed by atoms with Crippen molar-refractivity contribution in [2.45, 2.75) is 12.2 Å². The number of nitrogens with one attached hydrogen (secondary N) is 1. The third kappa shape index (κ3) is 4.63. The van der Waals surface area contributed by atoms with Crippen LogP contribution < -0.4 is 5.32 Å². The fraction of sp³-hybridized carbons (Fsp3) is 0.200. The summed E-state index contributed by atoms with van der Waals surface area (Å²) in [6.45, 7) is -0.642. The molecule has 0 bridgehead atoms. The Labute approximate surface area is 154 Å². The van der Waals surface area contributed by atoms with E-state index < -0.39 is 51.3 Å². The number of rotatable bonds is 6. The van der Waals surface area contributed by atoms with E-state index in [0.717, 1.165) is 0 Å². The molecule has 2 aromatic carbocycles. The highest BCUT2D eigenvalue weighted by molar-refractivity contribution is 6.30. The molecule has 0 fully saturated rings. The zero-order valence-electron chi connectivity index (χ0n) is 13.2. The molecule has 1 unspecified atom stereocenters. The van der Waals surface area contributed by atoms with E-state index in [1.807, 2.05) is 0 Å². The summed E-state index contributed by atoms with van der Waals surface area (Å²) >= 11 is 5.75. The Kier molecular flexibility index (Phi) is 5.86. The van der Waals surface area contributed by atoms with Crippen LogP contribution in [0.3, 0.4) is 0 Å². The molecule has 8 nitrogen and oxygen atoms in total. The molecular formula is C15H11ClF3N3O5. The largest absolute Gasteiger partial charge is 0.416 e. The van der Waals surface area contributed by atoms with Crippen LogP contribution in [-0.4, -0.2) is 21.6 Å². The van der Waals surface area contributed by atoms with E-state index >= 15 is 0 Å². The fourth-order valence-electron chi connectivity index (χ4n) is 2.32. The number of benzene rings is 2. The van der Waals surface area contributed by atoms with Crippen LogP contribution in [0.25, 0.3) is 0 Å². The van der Waals surface area contributed by atoms with Crippen molar-refractivity contribution in [1.29, 1.82) is 0 Å². The number of aliphatic hydroxyl groups is 1. The van der Waals surface area contributed by atoms with Gasteiger partial charge in [0.25, 0.3) is 11.4 Å². The number of hydrogen-bond donors (Lipinski definition) is 2. The molecule has 144 valence electrons. The third-order valence-corrected chi connectivity index (χ3v) is 3.84. The van der Waals surface area contributed by atoms with Crippen molar-refractivity contribution in [2.75, 3.05) is 11.9 Å². The SMILES string of the molecule is O=[N+]([O-])c1cc(C(F)(F)F)cc([N+](=O)[O-])c1NC(CO)c1ccc(Cl)cc1. The molecule has 0 amide bonds. The Morgan fingerprint density at radius 2 is 1.56 bits per heavy atom. The van der Waals surface area contributed by atoms with Crippen LogP contribution >= 0.6 is 11.6 Å². The highest BCUT2D eigenvalue weighted by atomic mass is 35.5. The minimum Gasteiger partial charge on any atom is -0.394 e. The van der Waals surface area contributed by atoms with E-state index in [9.17, 15) is 38.5 Å². The first kappa shape index (κ1) is 20.4. The number of alkyl halides is 3. The van der Waals surface area contributed by atoms with E-state index in [1.165, 1.54) is 24.3 Å². The number of anilines is 1. The van der Waals surface area contributed by atoms with Gasteiger partial charge in [0.1, 0.15) is 0 Å². The molecular weight excluding hydrogens is 395 g/mol. The minimum atomic E-state index is -5.01. The summed E-state index contributed by atoms with van der Waals surface area (Å²) in [7, 11) is 0. The van der Waals surface area contributed by atoms with Crippen LogP contribution in [0, 0.1) is 20.2 Å². The van der Waals surface area contributed by atoms with Gasteiger partial charge < -0.3 is 10.4 Å². The maximum Gasteiger partial charge on any atom is 0.416 e. The van der Waals surface area contributed by atoms with E-state index in [-0.39, 0.29) is 12.1 Å². The first-order valence-corrected chi connectivity index (χ1v) is 7.59. The van der Waals surface area contributed by atoms with Crippen LogP contribution in [0.5, 0.6) is 0 Å². The lowest BCUT2D eigenvalue weighted by molar-refractivity contribution is -0.392. The summed E-state index contributed by atoms with van der Waals surface area (Å²) in [5.41, 5.74) is -4.18. The van der Waals surface area contributed by atoms with Crippen molar-refractivity contribution >= 4 is 28.7 Å². The Bertz CT molecular complexity index is 839. The Balaban J connectivity index is 2.60. The molecule has 0 aliphatic rings. The van der Waals surface area contributed by atoms with Crippen LogP contribution in [-0.2, 0) is 6.18 Å². The summed E-state index contributed by atoms with van der Waals surface area (Å²) in [6, 6.07) is 5.16. The molecule has 0 heterocycles. The molecule has 0 radical (unpaired) electrons. The topological polar surface area (TPSA) is 119 Å². The summed E-state index contributed by atoms with van der Waals surface area (Å²) < 4.78 is 38.8. The van der Waals surface area contributed by atoms with Crippen LogP contribution in [0.1, 0.15) is 17.2 Å². The lowest BCUT2D eigenvalue weighted by atomic mass is 10.1. The van der Waals surface area contributed by atoms with Gasteiger partial charge in [-0.1, -0.05) is 23.7 Å². The normalized spacial score (nSPS) is 12.5. The van der Waals surface area contributed by atoms with Crippen molar-refractivity contribution in [3.05, 3.63) is 72.8 Å². The first-order valence-electron chi connectivity index (χ1n) is 7.21. The molecule has 0 aliphatic heterocycles. The predicted octanol–water partition coefficient (Wildman–Crippen LogP) is 4.32. The summed E-state index contributed by atoms with van der Waals surface area (Å²) in [4.78, 5) is 20.1. The highest BCUT2D eigenvalue weighted by Gasteiger charge is 2.38. The Morgan fingerprint density at radius 1 is 1.07 bits per heavy atom. The van der Waals surface area contributed by atoms with Gasteiger partial charge in [-0.2, -0.15) is 13.2 Å². The second-order valence-electron chi connectivity index (χ2n) is 5.33. The summed E-state index contributed by atoms with van der Waals surface area (Å²) in [5.74, 6) is 0. The monoisotopic (exact) mass is 405 g/mol. The second-order valence-corrected chi connectivity index (χ2v) is 5.77.